The molecule has 0 amide bonds. The zero-order valence-electron chi connectivity index (χ0n) is 10.2. The number of hydrogen-bond acceptors (Lipinski definition) is 3. The molecule has 2 aromatic rings. The van der Waals surface area contributed by atoms with E-state index in [9.17, 15) is 0 Å². The molecule has 0 radical (unpaired) electrons. The Morgan fingerprint density at radius 1 is 1.24 bits per heavy atom. The van der Waals surface area contributed by atoms with Gasteiger partial charge in [0.1, 0.15) is 12.7 Å². The van der Waals surface area contributed by atoms with Gasteiger partial charge in [0, 0.05) is 12.6 Å². The lowest BCUT2D eigenvalue weighted by atomic mass is 10.1. The third-order valence-electron chi connectivity index (χ3n) is 2.66. The third kappa shape index (κ3) is 3.14. The monoisotopic (exact) mass is 230 g/mol. The van der Waals surface area contributed by atoms with Crippen LogP contribution in [0.3, 0.4) is 0 Å². The van der Waals surface area contributed by atoms with Crippen LogP contribution < -0.4 is 5.32 Å². The number of nitrogens with zero attached hydrogens (tertiary/aromatic N) is 3. The molecule has 1 unspecified atom stereocenters. The largest absolute Gasteiger partial charge is 0.312 e. The van der Waals surface area contributed by atoms with Gasteiger partial charge in [-0.05, 0) is 5.56 Å². The molecule has 1 atom stereocenters. The summed E-state index contributed by atoms with van der Waals surface area (Å²) in [4.78, 5) is 4.02. The van der Waals surface area contributed by atoms with Crippen LogP contribution in [0.1, 0.15) is 25.5 Å². The van der Waals surface area contributed by atoms with E-state index >= 15 is 0 Å². The number of nitrogens with one attached hydrogen (secondary N) is 1. The second-order valence-corrected chi connectivity index (χ2v) is 4.36. The number of benzene rings is 1. The third-order valence-corrected chi connectivity index (χ3v) is 2.66. The maximum absolute atomic E-state index is 4.24. The van der Waals surface area contributed by atoms with Crippen LogP contribution >= 0.6 is 0 Å². The van der Waals surface area contributed by atoms with Crippen molar-refractivity contribution in [3.8, 4) is 0 Å². The summed E-state index contributed by atoms with van der Waals surface area (Å²) >= 11 is 0. The Morgan fingerprint density at radius 3 is 2.59 bits per heavy atom. The zero-order chi connectivity index (χ0) is 12.1. The van der Waals surface area contributed by atoms with Gasteiger partial charge in [0.05, 0.1) is 6.04 Å². The van der Waals surface area contributed by atoms with Crippen molar-refractivity contribution >= 4 is 0 Å². The average molecular weight is 230 g/mol. The van der Waals surface area contributed by atoms with E-state index in [-0.39, 0.29) is 6.04 Å². The normalized spacial score (nSPS) is 12.9. The van der Waals surface area contributed by atoms with Gasteiger partial charge in [-0.3, -0.25) is 0 Å². The highest BCUT2D eigenvalue weighted by atomic mass is 15.3. The van der Waals surface area contributed by atoms with E-state index in [1.165, 1.54) is 5.56 Å². The minimum atomic E-state index is 0.195. The summed E-state index contributed by atoms with van der Waals surface area (Å²) in [5.41, 5.74) is 1.24. The molecule has 90 valence electrons. The maximum atomic E-state index is 4.24. The molecule has 0 fully saturated rings. The summed E-state index contributed by atoms with van der Waals surface area (Å²) in [6.07, 6.45) is 3.34. The fourth-order valence-electron chi connectivity index (χ4n) is 1.76. The molecule has 0 spiro atoms. The van der Waals surface area contributed by atoms with Crippen molar-refractivity contribution in [3.63, 3.8) is 0 Å². The Hall–Kier alpha value is -1.68. The van der Waals surface area contributed by atoms with Crippen LogP contribution in [0.5, 0.6) is 0 Å². The lowest BCUT2D eigenvalue weighted by Crippen LogP contribution is -2.31. The number of rotatable bonds is 5. The van der Waals surface area contributed by atoms with Gasteiger partial charge in [-0.15, -0.1) is 0 Å². The van der Waals surface area contributed by atoms with Gasteiger partial charge in [0.2, 0.25) is 0 Å². The molecule has 0 saturated carbocycles. The van der Waals surface area contributed by atoms with Crippen molar-refractivity contribution in [2.75, 3.05) is 6.54 Å². The Bertz CT molecular complexity index is 422. The molecule has 4 heteroatoms. The Kier molecular flexibility index (Phi) is 3.88. The molecule has 2 rings (SSSR count). The molecule has 0 aliphatic rings. The smallest absolute Gasteiger partial charge is 0.137 e. The van der Waals surface area contributed by atoms with Crippen molar-refractivity contribution in [3.05, 3.63) is 48.5 Å². The highest BCUT2D eigenvalue weighted by molar-refractivity contribution is 5.19. The molecule has 0 saturated heterocycles. The number of hydrogen-bond donors (Lipinski definition) is 1. The molecular formula is C13H18N4. The van der Waals surface area contributed by atoms with Crippen LogP contribution in [0.25, 0.3) is 0 Å². The van der Waals surface area contributed by atoms with Crippen LogP contribution in [0.4, 0.5) is 0 Å². The van der Waals surface area contributed by atoms with E-state index in [4.69, 9.17) is 0 Å². The predicted molar refractivity (Wildman–Crippen MR) is 67.7 cm³/mol. The van der Waals surface area contributed by atoms with Crippen LogP contribution in [-0.2, 0) is 0 Å². The molecule has 0 aliphatic carbocycles. The lowest BCUT2D eigenvalue weighted by molar-refractivity contribution is 0.455. The van der Waals surface area contributed by atoms with Crippen molar-refractivity contribution in [2.24, 2.45) is 0 Å². The Labute approximate surface area is 102 Å². The van der Waals surface area contributed by atoms with Crippen LogP contribution in [0.15, 0.2) is 43.0 Å². The topological polar surface area (TPSA) is 42.7 Å². The van der Waals surface area contributed by atoms with Crippen LogP contribution in [-0.4, -0.2) is 27.4 Å². The van der Waals surface area contributed by atoms with Gasteiger partial charge in [0.15, 0.2) is 0 Å². The summed E-state index contributed by atoms with van der Waals surface area (Å²) in [5.74, 6) is 0. The molecular weight excluding hydrogens is 212 g/mol. The molecule has 0 bridgehead atoms. The van der Waals surface area contributed by atoms with E-state index in [1.54, 1.807) is 12.7 Å². The lowest BCUT2D eigenvalue weighted by Gasteiger charge is -2.19. The molecule has 17 heavy (non-hydrogen) atoms. The first-order valence-corrected chi connectivity index (χ1v) is 5.90. The van der Waals surface area contributed by atoms with Crippen molar-refractivity contribution in [1.82, 2.24) is 20.1 Å². The van der Waals surface area contributed by atoms with E-state index < -0.39 is 0 Å². The molecule has 4 nitrogen and oxygen atoms in total. The summed E-state index contributed by atoms with van der Waals surface area (Å²) in [5, 5.41) is 7.68. The fourth-order valence-corrected chi connectivity index (χ4v) is 1.76. The molecule has 1 aromatic carbocycles. The van der Waals surface area contributed by atoms with Gasteiger partial charge in [0.25, 0.3) is 0 Å². The second kappa shape index (κ2) is 5.59. The van der Waals surface area contributed by atoms with E-state index in [0.29, 0.717) is 6.04 Å². The SMILES string of the molecule is CC(C)NCC(c1ccccc1)n1cncn1. The summed E-state index contributed by atoms with van der Waals surface area (Å²) in [6.45, 7) is 5.14. The first-order chi connectivity index (χ1) is 8.27. The van der Waals surface area contributed by atoms with Crippen molar-refractivity contribution in [2.45, 2.75) is 25.9 Å². The highest BCUT2D eigenvalue weighted by Gasteiger charge is 2.13. The summed E-state index contributed by atoms with van der Waals surface area (Å²) in [7, 11) is 0. The van der Waals surface area contributed by atoms with Gasteiger partial charge in [-0.2, -0.15) is 5.10 Å². The minimum absolute atomic E-state index is 0.195. The van der Waals surface area contributed by atoms with E-state index in [1.807, 2.05) is 10.7 Å². The standard InChI is InChI=1S/C13H18N4/c1-11(2)15-8-13(17-10-14-9-16-17)12-6-4-3-5-7-12/h3-7,9-11,13,15H,8H2,1-2H3. The van der Waals surface area contributed by atoms with Crippen molar-refractivity contribution in [1.29, 1.82) is 0 Å². The average Bonchev–Trinajstić information content (AvgIpc) is 2.84. The van der Waals surface area contributed by atoms with Crippen LogP contribution in [0, 0.1) is 0 Å². The Morgan fingerprint density at radius 2 is 2.00 bits per heavy atom. The first kappa shape index (κ1) is 11.8. The zero-order valence-corrected chi connectivity index (χ0v) is 10.2. The molecule has 1 aromatic heterocycles. The maximum Gasteiger partial charge on any atom is 0.137 e. The summed E-state index contributed by atoms with van der Waals surface area (Å²) < 4.78 is 1.89. The van der Waals surface area contributed by atoms with Crippen molar-refractivity contribution < 1.29 is 0 Å². The minimum Gasteiger partial charge on any atom is -0.312 e. The highest BCUT2D eigenvalue weighted by Crippen LogP contribution is 2.15. The van der Waals surface area contributed by atoms with Crippen LogP contribution in [0.2, 0.25) is 0 Å². The Balaban J connectivity index is 2.19. The first-order valence-electron chi connectivity index (χ1n) is 5.90. The van der Waals surface area contributed by atoms with E-state index in [2.05, 4.69) is 53.5 Å². The summed E-state index contributed by atoms with van der Waals surface area (Å²) in [6, 6.07) is 11.0. The van der Waals surface area contributed by atoms with Gasteiger partial charge in [-0.1, -0.05) is 44.2 Å². The molecule has 1 heterocycles. The fraction of sp³-hybridized carbons (Fsp3) is 0.385. The van der Waals surface area contributed by atoms with E-state index in [0.717, 1.165) is 6.54 Å². The number of aromatic nitrogens is 3. The van der Waals surface area contributed by atoms with Gasteiger partial charge in [-0.25, -0.2) is 9.67 Å². The second-order valence-electron chi connectivity index (χ2n) is 4.36. The van der Waals surface area contributed by atoms with Gasteiger partial charge < -0.3 is 5.32 Å². The van der Waals surface area contributed by atoms with Gasteiger partial charge >= 0.3 is 0 Å². The molecule has 0 aliphatic heterocycles. The predicted octanol–water partition coefficient (Wildman–Crippen LogP) is 1.87. The quantitative estimate of drug-likeness (QED) is 0.852. The molecule has 1 N–H and O–H groups in total.